The van der Waals surface area contributed by atoms with Crippen molar-refractivity contribution in [2.45, 2.75) is 6.42 Å². The average molecular weight is 367 g/mol. The van der Waals surface area contributed by atoms with Gasteiger partial charge < -0.3 is 9.47 Å². The third-order valence-electron chi connectivity index (χ3n) is 2.80. The molecular formula is C14H11BrN2O3S. The van der Waals surface area contributed by atoms with Crippen LogP contribution >= 0.6 is 27.3 Å². The van der Waals surface area contributed by atoms with Gasteiger partial charge >= 0.3 is 0 Å². The van der Waals surface area contributed by atoms with Crippen LogP contribution < -0.4 is 14.9 Å². The van der Waals surface area contributed by atoms with E-state index in [1.165, 1.54) is 0 Å². The summed E-state index contributed by atoms with van der Waals surface area (Å²) in [6.45, 7) is 0.222. The Morgan fingerprint density at radius 1 is 1.43 bits per heavy atom. The van der Waals surface area contributed by atoms with E-state index >= 15 is 0 Å². The van der Waals surface area contributed by atoms with E-state index in [0.29, 0.717) is 17.9 Å². The summed E-state index contributed by atoms with van der Waals surface area (Å²) in [5.41, 5.74) is 3.31. The van der Waals surface area contributed by atoms with Crippen molar-refractivity contribution in [1.29, 1.82) is 0 Å². The van der Waals surface area contributed by atoms with Crippen LogP contribution in [0, 0.1) is 0 Å². The van der Waals surface area contributed by atoms with Crippen LogP contribution in [-0.4, -0.2) is 18.9 Å². The molecule has 0 bridgehead atoms. The smallest absolute Gasteiger partial charge is 0.245 e. The monoisotopic (exact) mass is 366 g/mol. The molecule has 3 rings (SSSR count). The number of nitrogens with zero attached hydrogens (tertiary/aromatic N) is 1. The predicted octanol–water partition coefficient (Wildman–Crippen LogP) is 2.93. The van der Waals surface area contributed by atoms with E-state index < -0.39 is 0 Å². The van der Waals surface area contributed by atoms with Crippen molar-refractivity contribution in [1.82, 2.24) is 5.43 Å². The largest absolute Gasteiger partial charge is 0.454 e. The van der Waals surface area contributed by atoms with Crippen molar-refractivity contribution in [3.8, 4) is 11.5 Å². The first-order valence-electron chi connectivity index (χ1n) is 6.16. The van der Waals surface area contributed by atoms with Crippen LogP contribution in [0.15, 0.2) is 39.2 Å². The summed E-state index contributed by atoms with van der Waals surface area (Å²) >= 11 is 4.97. The molecule has 1 aliphatic rings. The van der Waals surface area contributed by atoms with Gasteiger partial charge in [-0.05, 0) is 39.5 Å². The van der Waals surface area contributed by atoms with Gasteiger partial charge in [-0.3, -0.25) is 4.79 Å². The number of ether oxygens (including phenoxy) is 2. The molecule has 0 fully saturated rings. The number of carbonyl (C=O) groups excluding carboxylic acids is 1. The highest BCUT2D eigenvalue weighted by molar-refractivity contribution is 9.10. The fraction of sp³-hybridized carbons (Fsp3) is 0.143. The van der Waals surface area contributed by atoms with Gasteiger partial charge in [0.15, 0.2) is 11.5 Å². The molecule has 0 unspecified atom stereocenters. The van der Waals surface area contributed by atoms with Crippen LogP contribution in [0.25, 0.3) is 0 Å². The Hall–Kier alpha value is -1.86. The van der Waals surface area contributed by atoms with E-state index in [0.717, 1.165) is 14.9 Å². The van der Waals surface area contributed by atoms with Gasteiger partial charge in [-0.15, -0.1) is 11.3 Å². The molecule has 0 saturated carbocycles. The summed E-state index contributed by atoms with van der Waals surface area (Å²) in [5.74, 6) is 1.22. The Labute approximate surface area is 133 Å². The second-order valence-electron chi connectivity index (χ2n) is 4.28. The van der Waals surface area contributed by atoms with E-state index in [1.807, 2.05) is 23.6 Å². The summed E-state index contributed by atoms with van der Waals surface area (Å²) in [6.07, 6.45) is 1.90. The van der Waals surface area contributed by atoms with Crippen LogP contribution in [0.3, 0.4) is 0 Å². The standard InChI is InChI=1S/C14H11BrN2O3S/c15-11-6-13-12(19-8-20-13)4-9(11)7-16-17-14(18)5-10-2-1-3-21-10/h1-4,6-7H,5,8H2,(H,17,18)/b16-7+. The Bertz CT molecular complexity index is 686. The third kappa shape index (κ3) is 3.43. The van der Waals surface area contributed by atoms with Crippen molar-refractivity contribution in [3.63, 3.8) is 0 Å². The summed E-state index contributed by atoms with van der Waals surface area (Å²) < 4.78 is 11.4. The zero-order valence-electron chi connectivity index (χ0n) is 10.8. The maximum absolute atomic E-state index is 11.7. The molecule has 21 heavy (non-hydrogen) atoms. The zero-order valence-corrected chi connectivity index (χ0v) is 13.2. The molecule has 0 radical (unpaired) electrons. The number of hydrazone groups is 1. The summed E-state index contributed by atoms with van der Waals surface area (Å²) in [5, 5.41) is 5.90. The van der Waals surface area contributed by atoms with Gasteiger partial charge in [-0.1, -0.05) is 6.07 Å². The highest BCUT2D eigenvalue weighted by Gasteiger charge is 2.15. The highest BCUT2D eigenvalue weighted by atomic mass is 79.9. The SMILES string of the molecule is O=C(Cc1cccs1)N/N=C/c1cc2c(cc1Br)OCO2. The number of nitrogens with one attached hydrogen (secondary N) is 1. The van der Waals surface area contributed by atoms with Gasteiger partial charge in [0.2, 0.25) is 12.7 Å². The molecule has 1 aromatic carbocycles. The maximum atomic E-state index is 11.7. The minimum absolute atomic E-state index is 0.148. The zero-order chi connectivity index (χ0) is 14.7. The Morgan fingerprint density at radius 3 is 3.00 bits per heavy atom. The van der Waals surface area contributed by atoms with Crippen LogP contribution in [0.2, 0.25) is 0 Å². The number of benzene rings is 1. The highest BCUT2D eigenvalue weighted by Crippen LogP contribution is 2.36. The first-order valence-corrected chi connectivity index (χ1v) is 7.83. The van der Waals surface area contributed by atoms with Gasteiger partial charge in [0, 0.05) is 14.9 Å². The van der Waals surface area contributed by atoms with E-state index in [-0.39, 0.29) is 12.7 Å². The van der Waals surface area contributed by atoms with Crippen LogP contribution in [0.5, 0.6) is 11.5 Å². The first kappa shape index (κ1) is 14.1. The minimum atomic E-state index is -0.148. The fourth-order valence-corrected chi connectivity index (χ4v) is 2.94. The molecule has 0 saturated heterocycles. The summed E-state index contributed by atoms with van der Waals surface area (Å²) in [6, 6.07) is 7.46. The Kier molecular flexibility index (Phi) is 4.21. The van der Waals surface area contributed by atoms with Gasteiger partial charge in [0.05, 0.1) is 12.6 Å². The molecule has 1 aromatic heterocycles. The minimum Gasteiger partial charge on any atom is -0.454 e. The molecular weight excluding hydrogens is 356 g/mol. The van der Waals surface area contributed by atoms with E-state index in [2.05, 4.69) is 26.5 Å². The van der Waals surface area contributed by atoms with E-state index in [9.17, 15) is 4.79 Å². The number of halogens is 1. The number of carbonyl (C=O) groups is 1. The Morgan fingerprint density at radius 2 is 2.24 bits per heavy atom. The lowest BCUT2D eigenvalue weighted by Crippen LogP contribution is -2.19. The normalized spacial score (nSPS) is 12.8. The Balaban J connectivity index is 1.62. The lowest BCUT2D eigenvalue weighted by molar-refractivity contribution is -0.120. The predicted molar refractivity (Wildman–Crippen MR) is 84.0 cm³/mol. The van der Waals surface area contributed by atoms with Crippen LogP contribution in [0.1, 0.15) is 10.4 Å². The topological polar surface area (TPSA) is 59.9 Å². The number of hydrogen-bond acceptors (Lipinski definition) is 5. The molecule has 0 spiro atoms. The van der Waals surface area contributed by atoms with Gasteiger partial charge in [-0.2, -0.15) is 5.10 Å². The number of rotatable bonds is 4. The molecule has 2 aromatic rings. The van der Waals surface area contributed by atoms with Crippen LogP contribution in [0.4, 0.5) is 0 Å². The van der Waals surface area contributed by atoms with Gasteiger partial charge in [-0.25, -0.2) is 5.43 Å². The van der Waals surface area contributed by atoms with E-state index in [4.69, 9.17) is 9.47 Å². The fourth-order valence-electron chi connectivity index (χ4n) is 1.82. The molecule has 108 valence electrons. The van der Waals surface area contributed by atoms with E-state index in [1.54, 1.807) is 23.6 Å². The lowest BCUT2D eigenvalue weighted by atomic mass is 10.2. The second kappa shape index (κ2) is 6.28. The van der Waals surface area contributed by atoms with Crippen molar-refractivity contribution >= 4 is 39.4 Å². The quantitative estimate of drug-likeness (QED) is 0.668. The van der Waals surface area contributed by atoms with Gasteiger partial charge in [0.1, 0.15) is 0 Å². The molecule has 1 amide bonds. The average Bonchev–Trinajstić information content (AvgIpc) is 3.10. The first-order chi connectivity index (χ1) is 10.2. The number of amides is 1. The third-order valence-corrected chi connectivity index (χ3v) is 4.36. The molecule has 2 heterocycles. The van der Waals surface area contributed by atoms with Crippen LogP contribution in [-0.2, 0) is 11.2 Å². The molecule has 7 heteroatoms. The second-order valence-corrected chi connectivity index (χ2v) is 6.16. The number of fused-ring (bicyclic) bond motifs is 1. The molecule has 1 aliphatic heterocycles. The lowest BCUT2D eigenvalue weighted by Gasteiger charge is -2.02. The summed E-state index contributed by atoms with van der Waals surface area (Å²) in [7, 11) is 0. The maximum Gasteiger partial charge on any atom is 0.245 e. The van der Waals surface area contributed by atoms with Crippen molar-refractivity contribution in [2.75, 3.05) is 6.79 Å². The van der Waals surface area contributed by atoms with Crippen molar-refractivity contribution in [3.05, 3.63) is 44.6 Å². The van der Waals surface area contributed by atoms with Gasteiger partial charge in [0.25, 0.3) is 0 Å². The summed E-state index contributed by atoms with van der Waals surface area (Å²) in [4.78, 5) is 12.7. The van der Waals surface area contributed by atoms with Crippen molar-refractivity contribution in [2.24, 2.45) is 5.10 Å². The number of thiophene rings is 1. The number of hydrogen-bond donors (Lipinski definition) is 1. The molecule has 5 nitrogen and oxygen atoms in total. The molecule has 0 aliphatic carbocycles. The molecule has 0 atom stereocenters. The molecule has 1 N–H and O–H groups in total. The van der Waals surface area contributed by atoms with Crippen molar-refractivity contribution < 1.29 is 14.3 Å².